The quantitative estimate of drug-likeness (QED) is 0.239. The van der Waals surface area contributed by atoms with E-state index in [1.807, 2.05) is 19.9 Å². The molecule has 0 saturated heterocycles. The highest BCUT2D eigenvalue weighted by Gasteiger charge is 2.22. The fourth-order valence-electron chi connectivity index (χ4n) is 2.04. The lowest BCUT2D eigenvalue weighted by Gasteiger charge is -2.16. The van der Waals surface area contributed by atoms with Gasteiger partial charge in [0, 0.05) is 0 Å². The topological polar surface area (TPSA) is 35.5 Å². The average Bonchev–Trinajstić information content (AvgIpc) is 2.37. The molecule has 0 aromatic rings. The summed E-state index contributed by atoms with van der Waals surface area (Å²) in [5.41, 5.74) is 0. The summed E-state index contributed by atoms with van der Waals surface area (Å²) < 4.78 is 22.7. The highest BCUT2D eigenvalue weighted by atomic mass is 31.2. The van der Waals surface area contributed by atoms with Crippen LogP contribution in [-0.4, -0.2) is 19.4 Å². The van der Waals surface area contributed by atoms with Gasteiger partial charge < -0.3 is 9.05 Å². The summed E-state index contributed by atoms with van der Waals surface area (Å²) in [4.78, 5) is 0. The first-order valence-corrected chi connectivity index (χ1v) is 9.40. The van der Waals surface area contributed by atoms with Crippen LogP contribution in [0.15, 0.2) is 12.7 Å². The van der Waals surface area contributed by atoms with Crippen LogP contribution in [0.25, 0.3) is 0 Å². The number of rotatable bonds is 14. The third kappa shape index (κ3) is 11.4. The van der Waals surface area contributed by atoms with Gasteiger partial charge in [-0.1, -0.05) is 38.2 Å². The molecule has 3 nitrogen and oxygen atoms in total. The van der Waals surface area contributed by atoms with Gasteiger partial charge in [-0.05, 0) is 33.1 Å². The van der Waals surface area contributed by atoms with E-state index in [2.05, 4.69) is 6.58 Å². The van der Waals surface area contributed by atoms with Gasteiger partial charge in [0.15, 0.2) is 0 Å². The van der Waals surface area contributed by atoms with Crippen LogP contribution < -0.4 is 0 Å². The lowest BCUT2D eigenvalue weighted by atomic mass is 10.1. The summed E-state index contributed by atoms with van der Waals surface area (Å²) in [6, 6.07) is 0. The van der Waals surface area contributed by atoms with Gasteiger partial charge in [-0.25, -0.2) is 0 Å². The Morgan fingerprint density at radius 3 is 1.84 bits per heavy atom. The van der Waals surface area contributed by atoms with Crippen molar-refractivity contribution in [3.63, 3.8) is 0 Å². The SMILES string of the molecule is C=CCCCCCCCCCP(=O)(OCC)OCC. The molecule has 0 N–H and O–H groups in total. The first-order valence-electron chi connectivity index (χ1n) is 7.67. The van der Waals surface area contributed by atoms with Crippen molar-refractivity contribution in [2.24, 2.45) is 0 Å². The summed E-state index contributed by atoms with van der Waals surface area (Å²) in [6.45, 7) is 8.35. The van der Waals surface area contributed by atoms with Gasteiger partial charge in [0.2, 0.25) is 0 Å². The maximum atomic E-state index is 12.2. The molecule has 0 aliphatic rings. The number of unbranched alkanes of at least 4 members (excludes halogenated alkanes) is 7. The molecule has 0 atom stereocenters. The van der Waals surface area contributed by atoms with Gasteiger partial charge in [0.1, 0.15) is 0 Å². The van der Waals surface area contributed by atoms with E-state index >= 15 is 0 Å². The highest BCUT2D eigenvalue weighted by molar-refractivity contribution is 7.53. The highest BCUT2D eigenvalue weighted by Crippen LogP contribution is 2.48. The monoisotopic (exact) mass is 290 g/mol. The van der Waals surface area contributed by atoms with Gasteiger partial charge in [0.25, 0.3) is 0 Å². The summed E-state index contributed by atoms with van der Waals surface area (Å²) in [6.07, 6.45) is 12.1. The normalized spacial score (nSPS) is 11.7. The molecule has 0 bridgehead atoms. The first kappa shape index (κ1) is 18.9. The predicted octanol–water partition coefficient (Wildman–Crippen LogP) is 5.56. The zero-order valence-corrected chi connectivity index (χ0v) is 13.6. The Bertz CT molecular complexity index is 244. The fourth-order valence-corrected chi connectivity index (χ4v) is 3.77. The van der Waals surface area contributed by atoms with Gasteiger partial charge >= 0.3 is 7.60 Å². The Morgan fingerprint density at radius 1 is 0.895 bits per heavy atom. The van der Waals surface area contributed by atoms with Crippen molar-refractivity contribution in [2.75, 3.05) is 19.4 Å². The van der Waals surface area contributed by atoms with Gasteiger partial charge in [-0.3, -0.25) is 4.57 Å². The molecular weight excluding hydrogens is 259 g/mol. The lowest BCUT2D eigenvalue weighted by molar-refractivity contribution is 0.219. The van der Waals surface area contributed by atoms with Crippen LogP contribution in [0.4, 0.5) is 0 Å². The molecule has 0 heterocycles. The fraction of sp³-hybridized carbons (Fsp3) is 0.867. The third-order valence-corrected chi connectivity index (χ3v) is 5.16. The summed E-state index contributed by atoms with van der Waals surface area (Å²) in [5.74, 6) is 0. The van der Waals surface area contributed by atoms with Crippen molar-refractivity contribution in [1.82, 2.24) is 0 Å². The third-order valence-electron chi connectivity index (χ3n) is 2.99. The second-order valence-electron chi connectivity index (χ2n) is 4.72. The molecule has 0 unspecified atom stereocenters. The summed E-state index contributed by atoms with van der Waals surface area (Å²) in [5, 5.41) is 0. The van der Waals surface area contributed by atoms with Crippen molar-refractivity contribution in [3.05, 3.63) is 12.7 Å². The van der Waals surface area contributed by atoms with Crippen LogP contribution in [0.5, 0.6) is 0 Å². The molecule has 0 aromatic carbocycles. The second kappa shape index (κ2) is 12.9. The molecule has 0 aromatic heterocycles. The van der Waals surface area contributed by atoms with Crippen molar-refractivity contribution in [2.45, 2.75) is 65.2 Å². The predicted molar refractivity (Wildman–Crippen MR) is 82.9 cm³/mol. The van der Waals surface area contributed by atoms with Crippen LogP contribution in [0, 0.1) is 0 Å². The standard InChI is InChI=1S/C15H31O3P/c1-4-7-8-9-10-11-12-13-14-15-19(16,17-5-2)18-6-3/h4H,1,5-15H2,2-3H3. The minimum atomic E-state index is -2.80. The molecule has 0 aliphatic heterocycles. The zero-order chi connectivity index (χ0) is 14.4. The Balaban J connectivity index is 3.50. The molecule has 0 amide bonds. The minimum Gasteiger partial charge on any atom is -0.309 e. The largest absolute Gasteiger partial charge is 0.330 e. The Labute approximate surface area is 119 Å². The molecule has 0 rings (SSSR count). The van der Waals surface area contributed by atoms with E-state index in [0.29, 0.717) is 19.4 Å². The van der Waals surface area contributed by atoms with Gasteiger partial charge in [0.05, 0.1) is 19.4 Å². The Hall–Kier alpha value is -0.110. The first-order chi connectivity index (χ1) is 9.18. The maximum Gasteiger partial charge on any atom is 0.330 e. The van der Waals surface area contributed by atoms with E-state index in [1.165, 1.54) is 32.1 Å². The zero-order valence-electron chi connectivity index (χ0n) is 12.7. The van der Waals surface area contributed by atoms with Crippen molar-refractivity contribution < 1.29 is 13.6 Å². The van der Waals surface area contributed by atoms with Crippen LogP contribution >= 0.6 is 7.60 Å². The molecule has 0 spiro atoms. The van der Waals surface area contributed by atoms with Crippen molar-refractivity contribution in [3.8, 4) is 0 Å². The Kier molecular flexibility index (Phi) is 12.8. The maximum absolute atomic E-state index is 12.2. The van der Waals surface area contributed by atoms with E-state index in [4.69, 9.17) is 9.05 Å². The average molecular weight is 290 g/mol. The van der Waals surface area contributed by atoms with Gasteiger partial charge in [-0.2, -0.15) is 0 Å². The summed E-state index contributed by atoms with van der Waals surface area (Å²) >= 11 is 0. The minimum absolute atomic E-state index is 0.459. The van der Waals surface area contributed by atoms with E-state index in [9.17, 15) is 4.57 Å². The van der Waals surface area contributed by atoms with Crippen molar-refractivity contribution >= 4 is 7.60 Å². The summed E-state index contributed by atoms with van der Waals surface area (Å²) in [7, 11) is -2.80. The number of allylic oxidation sites excluding steroid dienone is 1. The molecule has 4 heteroatoms. The second-order valence-corrected chi connectivity index (χ2v) is 6.91. The molecular formula is C15H31O3P. The van der Waals surface area contributed by atoms with E-state index < -0.39 is 7.60 Å². The van der Waals surface area contributed by atoms with E-state index in [0.717, 1.165) is 19.3 Å². The van der Waals surface area contributed by atoms with Crippen LogP contribution in [0.1, 0.15) is 65.2 Å². The molecule has 0 aliphatic carbocycles. The Morgan fingerprint density at radius 2 is 1.37 bits per heavy atom. The molecule has 19 heavy (non-hydrogen) atoms. The molecule has 0 radical (unpaired) electrons. The lowest BCUT2D eigenvalue weighted by Crippen LogP contribution is -2.00. The smallest absolute Gasteiger partial charge is 0.309 e. The van der Waals surface area contributed by atoms with Crippen LogP contribution in [-0.2, 0) is 13.6 Å². The van der Waals surface area contributed by atoms with E-state index in [1.54, 1.807) is 0 Å². The molecule has 0 saturated carbocycles. The number of hydrogen-bond donors (Lipinski definition) is 0. The van der Waals surface area contributed by atoms with Crippen LogP contribution in [0.3, 0.4) is 0 Å². The molecule has 0 fully saturated rings. The van der Waals surface area contributed by atoms with Gasteiger partial charge in [-0.15, -0.1) is 6.58 Å². The van der Waals surface area contributed by atoms with E-state index in [-0.39, 0.29) is 0 Å². The van der Waals surface area contributed by atoms with Crippen molar-refractivity contribution in [1.29, 1.82) is 0 Å². The molecule has 114 valence electrons. The van der Waals surface area contributed by atoms with Crippen LogP contribution in [0.2, 0.25) is 0 Å². The number of hydrogen-bond acceptors (Lipinski definition) is 3.